The van der Waals surface area contributed by atoms with Gasteiger partial charge < -0.3 is 21.3 Å². The van der Waals surface area contributed by atoms with Crippen molar-refractivity contribution in [2.45, 2.75) is 26.2 Å². The Morgan fingerprint density at radius 2 is 1.84 bits per heavy atom. The second-order valence-electron chi connectivity index (χ2n) is 8.00. The molecule has 164 valence electrons. The lowest BCUT2D eigenvalue weighted by Crippen LogP contribution is -2.42. The van der Waals surface area contributed by atoms with Gasteiger partial charge >= 0.3 is 0 Å². The number of nitrogens with two attached hydrogens (primary N) is 1. The Kier molecular flexibility index (Phi) is 7.78. The molecule has 1 heterocycles. The number of piperidine rings is 1. The lowest BCUT2D eigenvalue weighted by atomic mass is 9.97. The largest absolute Gasteiger partial charge is 0.369 e. The first-order valence-electron chi connectivity index (χ1n) is 10.7. The van der Waals surface area contributed by atoms with E-state index in [1.807, 2.05) is 31.2 Å². The van der Waals surface area contributed by atoms with Gasteiger partial charge in [0.15, 0.2) is 0 Å². The number of amides is 3. The van der Waals surface area contributed by atoms with E-state index in [2.05, 4.69) is 15.5 Å². The van der Waals surface area contributed by atoms with Crippen LogP contribution in [0.4, 0.5) is 5.69 Å². The third-order valence-electron chi connectivity index (χ3n) is 5.63. The van der Waals surface area contributed by atoms with E-state index < -0.39 is 0 Å². The molecule has 4 N–H and O–H groups in total. The summed E-state index contributed by atoms with van der Waals surface area (Å²) >= 11 is 0. The number of aryl methyl sites for hydroxylation is 1. The summed E-state index contributed by atoms with van der Waals surface area (Å²) < 4.78 is 0. The van der Waals surface area contributed by atoms with Crippen LogP contribution < -0.4 is 16.4 Å². The Morgan fingerprint density at radius 1 is 1.06 bits per heavy atom. The van der Waals surface area contributed by atoms with E-state index in [0.29, 0.717) is 29.9 Å². The van der Waals surface area contributed by atoms with E-state index in [-0.39, 0.29) is 23.6 Å². The van der Waals surface area contributed by atoms with Gasteiger partial charge in [0.25, 0.3) is 11.8 Å². The number of rotatable bonds is 8. The van der Waals surface area contributed by atoms with Crippen molar-refractivity contribution < 1.29 is 14.4 Å². The summed E-state index contributed by atoms with van der Waals surface area (Å²) in [5.41, 5.74) is 7.99. The Labute approximate surface area is 183 Å². The molecule has 31 heavy (non-hydrogen) atoms. The highest BCUT2D eigenvalue weighted by atomic mass is 16.2. The third-order valence-corrected chi connectivity index (χ3v) is 5.63. The van der Waals surface area contributed by atoms with Crippen molar-refractivity contribution in [3.05, 3.63) is 65.2 Å². The molecule has 1 aliphatic heterocycles. The van der Waals surface area contributed by atoms with Gasteiger partial charge in [-0.05, 0) is 69.1 Å². The molecule has 3 amide bonds. The standard InChI is InChI=1S/C24H30N4O3/c1-17-10-11-19(15-21(17)27-24(31)18-7-3-2-4-8-18)23(30)26-12-6-14-28-13-5-9-20(16-28)22(25)29/h2-4,7-8,10-11,15,20H,5-6,9,12-14,16H2,1H3,(H2,25,29)(H,26,30)(H,27,31). The number of carbonyl (C=O) groups is 3. The molecule has 7 nitrogen and oxygen atoms in total. The number of primary amides is 1. The summed E-state index contributed by atoms with van der Waals surface area (Å²) in [6.45, 7) is 4.90. The van der Waals surface area contributed by atoms with Gasteiger partial charge in [-0.3, -0.25) is 14.4 Å². The second kappa shape index (κ2) is 10.7. The van der Waals surface area contributed by atoms with Crippen LogP contribution in [0.1, 0.15) is 45.5 Å². The highest BCUT2D eigenvalue weighted by molar-refractivity contribution is 6.05. The Morgan fingerprint density at radius 3 is 2.58 bits per heavy atom. The zero-order valence-electron chi connectivity index (χ0n) is 17.9. The second-order valence-corrected chi connectivity index (χ2v) is 8.00. The van der Waals surface area contributed by atoms with Gasteiger partial charge in [-0.2, -0.15) is 0 Å². The number of hydrogen-bond donors (Lipinski definition) is 3. The van der Waals surface area contributed by atoms with Crippen LogP contribution in [0.25, 0.3) is 0 Å². The molecule has 0 saturated carbocycles. The molecule has 2 aromatic rings. The van der Waals surface area contributed by atoms with Crippen molar-refractivity contribution in [3.8, 4) is 0 Å². The molecule has 1 fully saturated rings. The summed E-state index contributed by atoms with van der Waals surface area (Å²) in [4.78, 5) is 38.6. The minimum absolute atomic E-state index is 0.0691. The van der Waals surface area contributed by atoms with Crippen molar-refractivity contribution in [1.29, 1.82) is 0 Å². The van der Waals surface area contributed by atoms with Crippen molar-refractivity contribution in [3.63, 3.8) is 0 Å². The molecule has 2 aromatic carbocycles. The average molecular weight is 423 g/mol. The highest BCUT2D eigenvalue weighted by Crippen LogP contribution is 2.18. The van der Waals surface area contributed by atoms with Crippen molar-refractivity contribution in [1.82, 2.24) is 10.2 Å². The molecule has 0 aromatic heterocycles. The van der Waals surface area contributed by atoms with Gasteiger partial charge in [0, 0.05) is 29.9 Å². The lowest BCUT2D eigenvalue weighted by molar-refractivity contribution is -0.123. The van der Waals surface area contributed by atoms with Gasteiger partial charge in [0.05, 0.1) is 5.92 Å². The van der Waals surface area contributed by atoms with Crippen molar-refractivity contribution in [2.24, 2.45) is 11.7 Å². The van der Waals surface area contributed by atoms with Gasteiger partial charge in [0.2, 0.25) is 5.91 Å². The van der Waals surface area contributed by atoms with Gasteiger partial charge in [0.1, 0.15) is 0 Å². The zero-order chi connectivity index (χ0) is 22.2. The van der Waals surface area contributed by atoms with Gasteiger partial charge in [-0.25, -0.2) is 0 Å². The van der Waals surface area contributed by atoms with Crippen LogP contribution in [0.3, 0.4) is 0 Å². The third kappa shape index (κ3) is 6.39. The predicted octanol–water partition coefficient (Wildman–Crippen LogP) is 2.56. The summed E-state index contributed by atoms with van der Waals surface area (Å²) in [5.74, 6) is -0.686. The van der Waals surface area contributed by atoms with Crippen molar-refractivity contribution in [2.75, 3.05) is 31.5 Å². The SMILES string of the molecule is Cc1ccc(C(=O)NCCCN2CCCC(C(N)=O)C2)cc1NC(=O)c1ccccc1. The molecule has 0 spiro atoms. The maximum atomic E-state index is 12.6. The molecule has 1 aliphatic rings. The topological polar surface area (TPSA) is 105 Å². The smallest absolute Gasteiger partial charge is 0.255 e. The summed E-state index contributed by atoms with van der Waals surface area (Å²) in [5, 5.41) is 5.82. The fourth-order valence-corrected chi connectivity index (χ4v) is 3.78. The van der Waals surface area contributed by atoms with Crippen LogP contribution >= 0.6 is 0 Å². The first-order valence-corrected chi connectivity index (χ1v) is 10.7. The maximum absolute atomic E-state index is 12.6. The number of anilines is 1. The zero-order valence-corrected chi connectivity index (χ0v) is 17.9. The Hall–Kier alpha value is -3.19. The average Bonchev–Trinajstić information content (AvgIpc) is 2.78. The molecule has 1 atom stereocenters. The first kappa shape index (κ1) is 22.5. The van der Waals surface area contributed by atoms with E-state index in [4.69, 9.17) is 5.73 Å². The van der Waals surface area contributed by atoms with Gasteiger partial charge in [-0.15, -0.1) is 0 Å². The van der Waals surface area contributed by atoms with Crippen LogP contribution in [0.5, 0.6) is 0 Å². The van der Waals surface area contributed by atoms with Crippen LogP contribution in [0.2, 0.25) is 0 Å². The molecule has 7 heteroatoms. The van der Waals surface area contributed by atoms with Crippen molar-refractivity contribution >= 4 is 23.4 Å². The van der Waals surface area contributed by atoms with E-state index >= 15 is 0 Å². The van der Waals surface area contributed by atoms with Crippen LogP contribution in [-0.4, -0.2) is 48.8 Å². The molecule has 1 saturated heterocycles. The molecular formula is C24H30N4O3. The molecular weight excluding hydrogens is 392 g/mol. The van der Waals surface area contributed by atoms with Crippen LogP contribution in [0.15, 0.2) is 48.5 Å². The molecule has 3 rings (SSSR count). The maximum Gasteiger partial charge on any atom is 0.255 e. The lowest BCUT2D eigenvalue weighted by Gasteiger charge is -2.31. The fraction of sp³-hybridized carbons (Fsp3) is 0.375. The number of carbonyl (C=O) groups excluding carboxylic acids is 3. The first-order chi connectivity index (χ1) is 14.9. The molecule has 1 unspecified atom stereocenters. The minimum Gasteiger partial charge on any atom is -0.369 e. The van der Waals surface area contributed by atoms with Gasteiger partial charge in [-0.1, -0.05) is 24.3 Å². The molecule has 0 radical (unpaired) electrons. The Bertz CT molecular complexity index is 930. The van der Waals surface area contributed by atoms with E-state index in [9.17, 15) is 14.4 Å². The minimum atomic E-state index is -0.229. The monoisotopic (exact) mass is 422 g/mol. The number of hydrogen-bond acceptors (Lipinski definition) is 4. The fourth-order valence-electron chi connectivity index (χ4n) is 3.78. The van der Waals surface area contributed by atoms with E-state index in [1.54, 1.807) is 24.3 Å². The number of likely N-dealkylation sites (tertiary alicyclic amines) is 1. The summed E-state index contributed by atoms with van der Waals surface area (Å²) in [7, 11) is 0. The molecule has 0 bridgehead atoms. The number of nitrogens with zero attached hydrogens (tertiary/aromatic N) is 1. The highest BCUT2D eigenvalue weighted by Gasteiger charge is 2.23. The number of nitrogens with one attached hydrogen (secondary N) is 2. The molecule has 0 aliphatic carbocycles. The quantitative estimate of drug-likeness (QED) is 0.569. The summed E-state index contributed by atoms with van der Waals surface area (Å²) in [6.07, 6.45) is 2.63. The van der Waals surface area contributed by atoms with E-state index in [0.717, 1.165) is 37.9 Å². The van der Waals surface area contributed by atoms with Crippen LogP contribution in [0, 0.1) is 12.8 Å². The normalized spacial score (nSPS) is 16.5. The van der Waals surface area contributed by atoms with Crippen LogP contribution in [-0.2, 0) is 4.79 Å². The summed E-state index contributed by atoms with van der Waals surface area (Å²) in [6, 6.07) is 14.2. The van der Waals surface area contributed by atoms with E-state index in [1.165, 1.54) is 0 Å². The Balaban J connectivity index is 1.49. The number of benzene rings is 2. The predicted molar refractivity (Wildman–Crippen MR) is 121 cm³/mol.